The number of carbonyl (C=O) groups is 1. The zero-order valence-corrected chi connectivity index (χ0v) is 17.9. The lowest BCUT2D eigenvalue weighted by Gasteiger charge is -2.18. The summed E-state index contributed by atoms with van der Waals surface area (Å²) in [7, 11) is 0. The lowest BCUT2D eigenvalue weighted by molar-refractivity contribution is -0.125. The van der Waals surface area contributed by atoms with Crippen LogP contribution >= 0.6 is 0 Å². The molecule has 4 rings (SSSR count). The molecule has 0 aliphatic carbocycles. The highest BCUT2D eigenvalue weighted by molar-refractivity contribution is 5.83. The van der Waals surface area contributed by atoms with Gasteiger partial charge in [0.05, 0.1) is 18.4 Å². The highest BCUT2D eigenvalue weighted by Crippen LogP contribution is 2.21. The summed E-state index contributed by atoms with van der Waals surface area (Å²) < 4.78 is 14.0. The second kappa shape index (κ2) is 8.67. The van der Waals surface area contributed by atoms with Gasteiger partial charge >= 0.3 is 0 Å². The average Bonchev–Trinajstić information content (AvgIpc) is 3.37. The Labute approximate surface area is 179 Å². The molecule has 0 saturated heterocycles. The second-order valence-electron chi connectivity index (χ2n) is 7.47. The van der Waals surface area contributed by atoms with Gasteiger partial charge in [-0.25, -0.2) is 4.68 Å². The van der Waals surface area contributed by atoms with Crippen molar-refractivity contribution in [2.24, 2.45) is 0 Å². The smallest absolute Gasteiger partial charge is 0.291 e. The molecule has 0 radical (unpaired) electrons. The molecule has 0 unspecified atom stereocenters. The largest absolute Gasteiger partial charge is 0.494 e. The molecular formula is C23H26N4O4. The summed E-state index contributed by atoms with van der Waals surface area (Å²) in [6, 6.07) is 10.4. The van der Waals surface area contributed by atoms with Gasteiger partial charge in [-0.05, 0) is 37.5 Å². The fraction of sp³-hybridized carbons (Fsp3) is 0.348. The predicted octanol–water partition coefficient (Wildman–Crippen LogP) is 3.61. The maximum atomic E-state index is 13.1. The maximum absolute atomic E-state index is 13.1. The highest BCUT2D eigenvalue weighted by Gasteiger charge is 2.23. The molecule has 8 nitrogen and oxygen atoms in total. The third-order valence-corrected chi connectivity index (χ3v) is 5.27. The summed E-state index contributed by atoms with van der Waals surface area (Å²) in [6.07, 6.45) is 2.96. The van der Waals surface area contributed by atoms with Crippen LogP contribution in [0.3, 0.4) is 0 Å². The normalized spacial score (nSPS) is 12.4. The first kappa shape index (κ1) is 20.7. The van der Waals surface area contributed by atoms with Crippen molar-refractivity contribution in [3.8, 4) is 5.75 Å². The molecule has 4 aromatic rings. The predicted molar refractivity (Wildman–Crippen MR) is 117 cm³/mol. The number of aromatic nitrogens is 3. The van der Waals surface area contributed by atoms with E-state index in [4.69, 9.17) is 9.15 Å². The van der Waals surface area contributed by atoms with Gasteiger partial charge in [0.25, 0.3) is 5.56 Å². The topological polar surface area (TPSA) is 90.8 Å². The number of hydrogen-bond donors (Lipinski definition) is 1. The minimum atomic E-state index is -0.704. The molecular weight excluding hydrogens is 396 g/mol. The summed E-state index contributed by atoms with van der Waals surface area (Å²) in [5, 5.41) is 7.36. The zero-order valence-electron chi connectivity index (χ0n) is 17.9. The van der Waals surface area contributed by atoms with Gasteiger partial charge in [-0.2, -0.15) is 5.10 Å². The van der Waals surface area contributed by atoms with Crippen LogP contribution in [0, 0.1) is 6.92 Å². The third-order valence-electron chi connectivity index (χ3n) is 5.27. The summed E-state index contributed by atoms with van der Waals surface area (Å²) in [5.41, 5.74) is 2.47. The summed E-state index contributed by atoms with van der Waals surface area (Å²) >= 11 is 0. The minimum Gasteiger partial charge on any atom is -0.494 e. The minimum absolute atomic E-state index is 0.248. The van der Waals surface area contributed by atoms with Crippen molar-refractivity contribution in [1.82, 2.24) is 19.5 Å². The molecule has 0 saturated carbocycles. The van der Waals surface area contributed by atoms with Crippen LogP contribution in [0.25, 0.3) is 16.6 Å². The molecule has 8 heteroatoms. The van der Waals surface area contributed by atoms with Crippen LogP contribution in [0.4, 0.5) is 0 Å². The molecule has 1 N–H and O–H groups in total. The number of ether oxygens (including phenoxy) is 1. The van der Waals surface area contributed by atoms with E-state index in [9.17, 15) is 9.59 Å². The van der Waals surface area contributed by atoms with Gasteiger partial charge < -0.3 is 14.5 Å². The number of rotatable bonds is 8. The van der Waals surface area contributed by atoms with Crippen molar-refractivity contribution in [3.05, 3.63) is 64.4 Å². The van der Waals surface area contributed by atoms with Crippen molar-refractivity contribution in [1.29, 1.82) is 0 Å². The van der Waals surface area contributed by atoms with E-state index in [0.29, 0.717) is 36.5 Å². The molecule has 3 heterocycles. The number of nitrogens with zero attached hydrogens (tertiary/aromatic N) is 3. The third kappa shape index (κ3) is 3.93. The van der Waals surface area contributed by atoms with Crippen molar-refractivity contribution in [2.45, 2.75) is 46.2 Å². The average molecular weight is 422 g/mol. The molecule has 0 bridgehead atoms. The Morgan fingerprint density at radius 2 is 1.97 bits per heavy atom. The fourth-order valence-electron chi connectivity index (χ4n) is 3.71. The first-order valence-electron chi connectivity index (χ1n) is 10.5. The van der Waals surface area contributed by atoms with E-state index < -0.39 is 6.04 Å². The van der Waals surface area contributed by atoms with Crippen LogP contribution in [-0.2, 0) is 11.3 Å². The number of hydrogen-bond acceptors (Lipinski definition) is 5. The second-order valence-corrected chi connectivity index (χ2v) is 7.47. The van der Waals surface area contributed by atoms with E-state index in [0.717, 1.165) is 23.3 Å². The van der Waals surface area contributed by atoms with E-state index >= 15 is 0 Å². The Morgan fingerprint density at radius 3 is 2.68 bits per heavy atom. The Balaban J connectivity index is 1.54. The molecule has 0 spiro atoms. The summed E-state index contributed by atoms with van der Waals surface area (Å²) in [4.78, 5) is 26.0. The molecule has 1 aromatic carbocycles. The zero-order chi connectivity index (χ0) is 22.0. The molecule has 1 atom stereocenters. The molecule has 162 valence electrons. The summed E-state index contributed by atoms with van der Waals surface area (Å²) in [6.45, 7) is 6.76. The Bertz CT molecular complexity index is 1270. The monoisotopic (exact) mass is 422 g/mol. The molecule has 0 fully saturated rings. The molecule has 3 aromatic heterocycles. The quantitative estimate of drug-likeness (QED) is 0.468. The van der Waals surface area contributed by atoms with Gasteiger partial charge in [-0.1, -0.05) is 26.0 Å². The SMILES string of the molecule is CCCOc1ccc(CNC(=O)[C@@H](CC)n2nc(C)n3c(cc4occc43)c2=O)cc1. The Morgan fingerprint density at radius 1 is 1.19 bits per heavy atom. The first-order valence-corrected chi connectivity index (χ1v) is 10.5. The highest BCUT2D eigenvalue weighted by atomic mass is 16.5. The van der Waals surface area contributed by atoms with Gasteiger partial charge in [-0.15, -0.1) is 0 Å². The van der Waals surface area contributed by atoms with E-state index in [1.807, 2.05) is 38.1 Å². The number of benzene rings is 1. The maximum Gasteiger partial charge on any atom is 0.291 e. The van der Waals surface area contributed by atoms with Gasteiger partial charge in [0.15, 0.2) is 5.58 Å². The molecule has 0 aliphatic heterocycles. The molecule has 31 heavy (non-hydrogen) atoms. The van der Waals surface area contributed by atoms with Crippen molar-refractivity contribution >= 4 is 22.5 Å². The number of carbonyl (C=O) groups excluding carboxylic acids is 1. The number of furan rings is 1. The number of fused-ring (bicyclic) bond motifs is 3. The van der Waals surface area contributed by atoms with Crippen molar-refractivity contribution < 1.29 is 13.9 Å². The number of nitrogens with one attached hydrogen (secondary N) is 1. The van der Waals surface area contributed by atoms with Crippen LogP contribution in [-0.4, -0.2) is 26.7 Å². The van der Waals surface area contributed by atoms with E-state index in [-0.39, 0.29) is 11.5 Å². The van der Waals surface area contributed by atoms with E-state index in [1.54, 1.807) is 22.8 Å². The van der Waals surface area contributed by atoms with E-state index in [2.05, 4.69) is 17.3 Å². The van der Waals surface area contributed by atoms with Crippen LogP contribution < -0.4 is 15.6 Å². The fourth-order valence-corrected chi connectivity index (χ4v) is 3.71. The van der Waals surface area contributed by atoms with Gasteiger partial charge in [0, 0.05) is 18.7 Å². The standard InChI is InChI=1S/C23H26N4O4/c1-4-11-30-17-8-6-16(7-9-17)14-24-22(28)18(5-2)27-23(29)20-13-21-19(10-12-31-21)26(20)15(3)25-27/h6-10,12-13,18H,4-5,11,14H2,1-3H3,(H,24,28)/t18-/m1/s1. The number of amides is 1. The molecule has 1 amide bonds. The first-order chi connectivity index (χ1) is 15.0. The summed E-state index contributed by atoms with van der Waals surface area (Å²) in [5.74, 6) is 1.17. The van der Waals surface area contributed by atoms with Crippen molar-refractivity contribution in [3.63, 3.8) is 0 Å². The molecule has 0 aliphatic rings. The van der Waals surface area contributed by atoms with Crippen LogP contribution in [0.5, 0.6) is 5.75 Å². The Hall–Kier alpha value is -3.55. The lowest BCUT2D eigenvalue weighted by Crippen LogP contribution is -2.39. The lowest BCUT2D eigenvalue weighted by atomic mass is 10.2. The van der Waals surface area contributed by atoms with Crippen LogP contribution in [0.1, 0.15) is 44.1 Å². The van der Waals surface area contributed by atoms with Gasteiger partial charge in [0.2, 0.25) is 5.91 Å². The van der Waals surface area contributed by atoms with Gasteiger partial charge in [-0.3, -0.25) is 14.0 Å². The number of aryl methyl sites for hydroxylation is 1. The van der Waals surface area contributed by atoms with Crippen molar-refractivity contribution in [2.75, 3.05) is 6.61 Å². The van der Waals surface area contributed by atoms with Crippen LogP contribution in [0.2, 0.25) is 0 Å². The van der Waals surface area contributed by atoms with Crippen LogP contribution in [0.15, 0.2) is 51.9 Å². The van der Waals surface area contributed by atoms with E-state index in [1.165, 1.54) is 4.68 Å². The van der Waals surface area contributed by atoms with Gasteiger partial charge in [0.1, 0.15) is 23.1 Å². The Kier molecular flexibility index (Phi) is 5.79.